The molecule has 7 nitrogen and oxygen atoms in total. The van der Waals surface area contributed by atoms with E-state index in [4.69, 9.17) is 9.47 Å². The van der Waals surface area contributed by atoms with Gasteiger partial charge in [0.25, 0.3) is 0 Å². The Morgan fingerprint density at radius 2 is 2.03 bits per heavy atom. The van der Waals surface area contributed by atoms with E-state index in [2.05, 4.69) is 10.6 Å². The van der Waals surface area contributed by atoms with Gasteiger partial charge < -0.3 is 25.0 Å². The quantitative estimate of drug-likeness (QED) is 0.714. The van der Waals surface area contributed by atoms with Crippen LogP contribution in [-0.2, 0) is 17.8 Å². The number of nitrogens with one attached hydrogen (secondary N) is 2. The van der Waals surface area contributed by atoms with Crippen molar-refractivity contribution in [1.82, 2.24) is 10.2 Å². The predicted molar refractivity (Wildman–Crippen MR) is 118 cm³/mol. The van der Waals surface area contributed by atoms with Crippen LogP contribution in [0.5, 0.6) is 11.5 Å². The number of hydrogen-bond donors (Lipinski definition) is 2. The SMILES string of the molecule is CCOc1cc2c(cc1CNC(=O)[C@@H]1CCCN1C(=O)Nc1ccc(F)cc1)O[C@@H](C)C2. The van der Waals surface area contributed by atoms with Crippen molar-refractivity contribution in [2.24, 2.45) is 0 Å². The molecule has 8 heteroatoms. The van der Waals surface area contributed by atoms with Gasteiger partial charge in [-0.1, -0.05) is 0 Å². The molecular formula is C24H28FN3O4. The van der Waals surface area contributed by atoms with Crippen LogP contribution in [0.15, 0.2) is 36.4 Å². The number of carbonyl (C=O) groups is 2. The average molecular weight is 442 g/mol. The Hall–Kier alpha value is -3.29. The number of ether oxygens (including phenoxy) is 2. The zero-order valence-electron chi connectivity index (χ0n) is 18.3. The van der Waals surface area contributed by atoms with Gasteiger partial charge in [-0.15, -0.1) is 0 Å². The van der Waals surface area contributed by atoms with E-state index < -0.39 is 6.04 Å². The smallest absolute Gasteiger partial charge is 0.322 e. The lowest BCUT2D eigenvalue weighted by atomic mass is 10.1. The van der Waals surface area contributed by atoms with Gasteiger partial charge in [-0.2, -0.15) is 0 Å². The molecule has 0 radical (unpaired) electrons. The summed E-state index contributed by atoms with van der Waals surface area (Å²) in [6, 6.07) is 8.52. The van der Waals surface area contributed by atoms with Crippen LogP contribution in [0.3, 0.4) is 0 Å². The van der Waals surface area contributed by atoms with Crippen molar-refractivity contribution in [3.05, 3.63) is 53.3 Å². The first-order chi connectivity index (χ1) is 15.4. The van der Waals surface area contributed by atoms with Gasteiger partial charge in [-0.05, 0) is 63.1 Å². The first-order valence-electron chi connectivity index (χ1n) is 11.0. The molecule has 0 aromatic heterocycles. The molecule has 32 heavy (non-hydrogen) atoms. The zero-order valence-corrected chi connectivity index (χ0v) is 18.3. The molecule has 0 spiro atoms. The van der Waals surface area contributed by atoms with E-state index in [0.29, 0.717) is 25.3 Å². The summed E-state index contributed by atoms with van der Waals surface area (Å²) >= 11 is 0. The molecule has 0 unspecified atom stereocenters. The number of fused-ring (bicyclic) bond motifs is 1. The number of hydrogen-bond acceptors (Lipinski definition) is 4. The summed E-state index contributed by atoms with van der Waals surface area (Å²) in [5.74, 6) is 0.973. The zero-order chi connectivity index (χ0) is 22.7. The van der Waals surface area contributed by atoms with Crippen molar-refractivity contribution in [3.63, 3.8) is 0 Å². The molecule has 2 heterocycles. The fourth-order valence-corrected chi connectivity index (χ4v) is 4.22. The van der Waals surface area contributed by atoms with Crippen LogP contribution in [0.4, 0.5) is 14.9 Å². The summed E-state index contributed by atoms with van der Waals surface area (Å²) in [5, 5.41) is 5.68. The third kappa shape index (κ3) is 4.79. The van der Waals surface area contributed by atoms with Gasteiger partial charge in [-0.3, -0.25) is 4.79 Å². The number of rotatable bonds is 6. The second-order valence-corrected chi connectivity index (χ2v) is 8.14. The van der Waals surface area contributed by atoms with E-state index in [1.807, 2.05) is 26.0 Å². The summed E-state index contributed by atoms with van der Waals surface area (Å²) in [5.41, 5.74) is 2.43. The molecule has 2 aromatic rings. The van der Waals surface area contributed by atoms with E-state index >= 15 is 0 Å². The monoisotopic (exact) mass is 441 g/mol. The highest BCUT2D eigenvalue weighted by molar-refractivity contribution is 5.94. The lowest BCUT2D eigenvalue weighted by molar-refractivity contribution is -0.124. The standard InChI is InChI=1S/C24H28FN3O4/c1-3-31-21-12-16-11-15(2)32-22(16)13-17(21)14-26-23(29)20-5-4-10-28(20)24(30)27-19-8-6-18(25)7-9-19/h6-9,12-13,15,20H,3-5,10-11,14H2,1-2H3,(H,26,29)(H,27,30)/t15-,20-/m0/s1. The van der Waals surface area contributed by atoms with Gasteiger partial charge in [0.05, 0.1) is 6.61 Å². The number of anilines is 1. The van der Waals surface area contributed by atoms with E-state index in [1.54, 1.807) is 0 Å². The summed E-state index contributed by atoms with van der Waals surface area (Å²) in [4.78, 5) is 27.1. The Morgan fingerprint density at radius 3 is 2.78 bits per heavy atom. The number of urea groups is 1. The molecule has 2 aliphatic rings. The molecule has 170 valence electrons. The summed E-state index contributed by atoms with van der Waals surface area (Å²) in [7, 11) is 0. The highest BCUT2D eigenvalue weighted by atomic mass is 19.1. The number of benzene rings is 2. The first-order valence-corrected chi connectivity index (χ1v) is 11.0. The highest BCUT2D eigenvalue weighted by Crippen LogP contribution is 2.35. The molecule has 0 saturated carbocycles. The van der Waals surface area contributed by atoms with Crippen molar-refractivity contribution in [1.29, 1.82) is 0 Å². The molecule has 2 atom stereocenters. The number of likely N-dealkylation sites (tertiary alicyclic amines) is 1. The largest absolute Gasteiger partial charge is 0.494 e. The van der Waals surface area contributed by atoms with E-state index in [0.717, 1.165) is 35.5 Å². The molecule has 1 saturated heterocycles. The molecule has 1 fully saturated rings. The molecule has 2 N–H and O–H groups in total. The van der Waals surface area contributed by atoms with Gasteiger partial charge in [0, 0.05) is 36.3 Å². The maximum absolute atomic E-state index is 13.1. The fraction of sp³-hybridized carbons (Fsp3) is 0.417. The Bertz CT molecular complexity index is 995. The van der Waals surface area contributed by atoms with Crippen molar-refractivity contribution < 1.29 is 23.5 Å². The van der Waals surface area contributed by atoms with Gasteiger partial charge in [-0.25, -0.2) is 9.18 Å². The number of carbonyl (C=O) groups excluding carboxylic acids is 2. The van der Waals surface area contributed by atoms with Crippen LogP contribution >= 0.6 is 0 Å². The van der Waals surface area contributed by atoms with Crippen LogP contribution in [-0.4, -0.2) is 42.1 Å². The predicted octanol–water partition coefficient (Wildman–Crippen LogP) is 3.86. The lowest BCUT2D eigenvalue weighted by Gasteiger charge is -2.24. The molecular weight excluding hydrogens is 413 g/mol. The number of halogens is 1. The van der Waals surface area contributed by atoms with Crippen molar-refractivity contribution in [2.75, 3.05) is 18.5 Å². The molecule has 3 amide bonds. The molecule has 2 aliphatic heterocycles. The van der Waals surface area contributed by atoms with Crippen LogP contribution in [0, 0.1) is 5.82 Å². The van der Waals surface area contributed by atoms with Crippen molar-refractivity contribution in [3.8, 4) is 11.5 Å². The van der Waals surface area contributed by atoms with Gasteiger partial charge in [0.1, 0.15) is 29.5 Å². The summed E-state index contributed by atoms with van der Waals surface area (Å²) in [6.07, 6.45) is 2.29. The average Bonchev–Trinajstić information content (AvgIpc) is 3.39. The molecule has 4 rings (SSSR count). The number of amides is 3. The minimum atomic E-state index is -0.559. The maximum atomic E-state index is 13.1. The summed E-state index contributed by atoms with van der Waals surface area (Å²) in [6.45, 7) is 5.23. The van der Waals surface area contributed by atoms with Crippen LogP contribution in [0.1, 0.15) is 37.8 Å². The fourth-order valence-electron chi connectivity index (χ4n) is 4.22. The van der Waals surface area contributed by atoms with Gasteiger partial charge in [0.15, 0.2) is 0 Å². The second kappa shape index (κ2) is 9.46. The molecule has 0 aliphatic carbocycles. The highest BCUT2D eigenvalue weighted by Gasteiger charge is 2.34. The van der Waals surface area contributed by atoms with Crippen molar-refractivity contribution >= 4 is 17.6 Å². The topological polar surface area (TPSA) is 79.9 Å². The normalized spacial score (nSPS) is 19.3. The molecule has 0 bridgehead atoms. The Morgan fingerprint density at radius 1 is 1.25 bits per heavy atom. The van der Waals surface area contributed by atoms with E-state index in [-0.39, 0.29) is 30.4 Å². The van der Waals surface area contributed by atoms with Gasteiger partial charge >= 0.3 is 6.03 Å². The van der Waals surface area contributed by atoms with Crippen molar-refractivity contribution in [2.45, 2.75) is 51.8 Å². The minimum Gasteiger partial charge on any atom is -0.494 e. The third-order valence-corrected chi connectivity index (χ3v) is 5.74. The summed E-state index contributed by atoms with van der Waals surface area (Å²) < 4.78 is 24.7. The van der Waals surface area contributed by atoms with Crippen LogP contribution < -0.4 is 20.1 Å². The number of nitrogens with zero attached hydrogens (tertiary/aromatic N) is 1. The lowest BCUT2D eigenvalue weighted by Crippen LogP contribution is -2.47. The Balaban J connectivity index is 1.40. The minimum absolute atomic E-state index is 0.121. The Labute approximate surface area is 186 Å². The third-order valence-electron chi connectivity index (χ3n) is 5.74. The van der Waals surface area contributed by atoms with E-state index in [1.165, 1.54) is 29.2 Å². The van der Waals surface area contributed by atoms with Crippen LogP contribution in [0.25, 0.3) is 0 Å². The molecule has 2 aromatic carbocycles. The van der Waals surface area contributed by atoms with Gasteiger partial charge in [0.2, 0.25) is 5.91 Å². The second-order valence-electron chi connectivity index (χ2n) is 8.14. The first kappa shape index (κ1) is 21.9. The van der Waals surface area contributed by atoms with Crippen LogP contribution in [0.2, 0.25) is 0 Å². The maximum Gasteiger partial charge on any atom is 0.322 e. The van der Waals surface area contributed by atoms with E-state index in [9.17, 15) is 14.0 Å². The Kier molecular flexibility index (Phi) is 6.48.